The quantitative estimate of drug-likeness (QED) is 0.826. The van der Waals surface area contributed by atoms with Crippen LogP contribution in [0.3, 0.4) is 0 Å². The lowest BCUT2D eigenvalue weighted by Gasteiger charge is -2.37. The molecule has 7 nitrogen and oxygen atoms in total. The number of likely N-dealkylation sites (tertiary alicyclic amines) is 1. The maximum atomic E-state index is 11.3. The molecule has 0 N–H and O–H groups in total. The molecule has 0 saturated carbocycles. The van der Waals surface area contributed by atoms with Gasteiger partial charge < -0.3 is 9.47 Å². The van der Waals surface area contributed by atoms with Crippen molar-refractivity contribution >= 4 is 5.82 Å². The normalized spacial score (nSPS) is 16.4. The molecule has 0 unspecified atom stereocenters. The van der Waals surface area contributed by atoms with E-state index in [1.807, 2.05) is 12.3 Å². The summed E-state index contributed by atoms with van der Waals surface area (Å²) >= 11 is 0. The first-order valence-electron chi connectivity index (χ1n) is 7.86. The Kier molecular flexibility index (Phi) is 4.66. The van der Waals surface area contributed by atoms with Crippen LogP contribution in [0.2, 0.25) is 0 Å². The van der Waals surface area contributed by atoms with Gasteiger partial charge in [0.25, 0.3) is 0 Å². The van der Waals surface area contributed by atoms with Gasteiger partial charge in [0.05, 0.1) is 0 Å². The lowest BCUT2D eigenvalue weighted by atomic mass is 10.0. The molecule has 1 fully saturated rings. The minimum atomic E-state index is -0.209. The molecular weight excluding hydrogens is 292 g/mol. The molecule has 0 atom stereocenters. The number of nitrogens with zero attached hydrogens (tertiary/aromatic N) is 6. The largest absolute Gasteiger partial charge is 0.356 e. The van der Waals surface area contributed by atoms with Crippen molar-refractivity contribution in [3.63, 3.8) is 0 Å². The van der Waals surface area contributed by atoms with Crippen molar-refractivity contribution in [3.8, 4) is 0 Å². The Bertz CT molecular complexity index is 693. The third-order valence-electron chi connectivity index (χ3n) is 4.44. The van der Waals surface area contributed by atoms with Gasteiger partial charge in [-0.25, -0.2) is 19.7 Å². The molecule has 0 bridgehead atoms. The minimum absolute atomic E-state index is 0.209. The molecule has 1 aliphatic rings. The highest BCUT2D eigenvalue weighted by Gasteiger charge is 2.23. The minimum Gasteiger partial charge on any atom is -0.356 e. The van der Waals surface area contributed by atoms with E-state index in [4.69, 9.17) is 0 Å². The third kappa shape index (κ3) is 3.73. The van der Waals surface area contributed by atoms with Crippen LogP contribution in [0.1, 0.15) is 18.4 Å². The summed E-state index contributed by atoms with van der Waals surface area (Å²) in [5.41, 5.74) is 0.869. The Hall–Kier alpha value is -2.28. The van der Waals surface area contributed by atoms with Crippen LogP contribution in [-0.2, 0) is 13.6 Å². The fourth-order valence-electron chi connectivity index (χ4n) is 3.05. The zero-order valence-corrected chi connectivity index (χ0v) is 13.6. The smallest absolute Gasteiger partial charge is 0.347 e. The Morgan fingerprint density at radius 1 is 1.30 bits per heavy atom. The molecule has 0 aromatic carbocycles. The molecule has 2 aromatic heterocycles. The van der Waals surface area contributed by atoms with Crippen LogP contribution >= 0.6 is 0 Å². The van der Waals surface area contributed by atoms with Crippen LogP contribution in [0, 0.1) is 0 Å². The molecule has 0 radical (unpaired) electrons. The van der Waals surface area contributed by atoms with Crippen molar-refractivity contribution in [1.82, 2.24) is 24.4 Å². The molecule has 0 spiro atoms. The Morgan fingerprint density at radius 2 is 2.09 bits per heavy atom. The first kappa shape index (κ1) is 15.6. The van der Waals surface area contributed by atoms with Gasteiger partial charge in [-0.15, -0.1) is 0 Å². The first-order valence-corrected chi connectivity index (χ1v) is 7.86. The fraction of sp³-hybridized carbons (Fsp3) is 0.500. The predicted octanol–water partition coefficient (Wildman–Crippen LogP) is 0.671. The molecule has 23 heavy (non-hydrogen) atoms. The summed E-state index contributed by atoms with van der Waals surface area (Å²) in [5.74, 6) is 0.973. The number of rotatable bonds is 4. The number of anilines is 1. The van der Waals surface area contributed by atoms with Gasteiger partial charge in [-0.05, 0) is 18.9 Å². The van der Waals surface area contributed by atoms with E-state index in [9.17, 15) is 4.79 Å². The zero-order chi connectivity index (χ0) is 16.2. The van der Waals surface area contributed by atoms with Crippen molar-refractivity contribution < 1.29 is 0 Å². The van der Waals surface area contributed by atoms with Gasteiger partial charge in [0.15, 0.2) is 0 Å². The van der Waals surface area contributed by atoms with E-state index < -0.39 is 0 Å². The SMILES string of the molecule is CN(c1ccncn1)C1CCN(Cc2cnc(=O)n(C)c2)CC1. The molecule has 3 rings (SSSR count). The number of hydrogen-bond acceptors (Lipinski definition) is 6. The first-order chi connectivity index (χ1) is 11.1. The molecule has 122 valence electrons. The molecule has 1 aliphatic heterocycles. The van der Waals surface area contributed by atoms with Gasteiger partial charge in [-0.3, -0.25) is 4.90 Å². The number of aromatic nitrogens is 4. The van der Waals surface area contributed by atoms with E-state index in [2.05, 4.69) is 31.8 Å². The van der Waals surface area contributed by atoms with E-state index >= 15 is 0 Å². The summed E-state index contributed by atoms with van der Waals surface area (Å²) in [6.07, 6.45) is 9.11. The molecule has 1 saturated heterocycles. The predicted molar refractivity (Wildman–Crippen MR) is 88.2 cm³/mol. The van der Waals surface area contributed by atoms with Gasteiger partial charge in [0.2, 0.25) is 0 Å². The van der Waals surface area contributed by atoms with Crippen molar-refractivity contribution in [2.75, 3.05) is 25.0 Å². The highest BCUT2D eigenvalue weighted by Crippen LogP contribution is 2.20. The van der Waals surface area contributed by atoms with Gasteiger partial charge in [0.1, 0.15) is 12.1 Å². The van der Waals surface area contributed by atoms with Gasteiger partial charge in [-0.1, -0.05) is 0 Å². The van der Waals surface area contributed by atoms with Crippen molar-refractivity contribution in [1.29, 1.82) is 0 Å². The molecule has 2 aromatic rings. The molecule has 0 aliphatic carbocycles. The topological polar surface area (TPSA) is 67.2 Å². The molecular formula is C16H22N6O. The van der Waals surface area contributed by atoms with Crippen LogP contribution in [0.4, 0.5) is 5.82 Å². The van der Waals surface area contributed by atoms with Crippen LogP contribution < -0.4 is 10.6 Å². The average Bonchev–Trinajstić information content (AvgIpc) is 2.59. The van der Waals surface area contributed by atoms with Crippen molar-refractivity contribution in [2.24, 2.45) is 7.05 Å². The van der Waals surface area contributed by atoms with Crippen molar-refractivity contribution in [3.05, 3.63) is 47.0 Å². The molecule has 3 heterocycles. The number of piperidine rings is 1. The summed E-state index contributed by atoms with van der Waals surface area (Å²) in [5, 5.41) is 0. The van der Waals surface area contributed by atoms with Crippen molar-refractivity contribution in [2.45, 2.75) is 25.4 Å². The average molecular weight is 314 g/mol. The van der Waals surface area contributed by atoms with E-state index in [1.165, 1.54) is 4.57 Å². The van der Waals surface area contributed by atoms with Crippen LogP contribution in [0.15, 0.2) is 35.8 Å². The second kappa shape index (κ2) is 6.87. The standard InChI is InChI=1S/C16H22N6O/c1-20-10-13(9-18-16(20)23)11-22-7-4-14(5-8-22)21(2)15-3-6-17-12-19-15/h3,6,9-10,12,14H,4-5,7-8,11H2,1-2H3. The van der Waals surface area contributed by atoms with Gasteiger partial charge in [0, 0.05) is 63.9 Å². The summed E-state index contributed by atoms with van der Waals surface area (Å²) < 4.78 is 1.53. The van der Waals surface area contributed by atoms with E-state index in [1.54, 1.807) is 25.8 Å². The number of aryl methyl sites for hydroxylation is 1. The van der Waals surface area contributed by atoms with Gasteiger partial charge >= 0.3 is 5.69 Å². The second-order valence-electron chi connectivity index (χ2n) is 6.04. The zero-order valence-electron chi connectivity index (χ0n) is 13.6. The van der Waals surface area contributed by atoms with E-state index in [0.29, 0.717) is 6.04 Å². The number of hydrogen-bond donors (Lipinski definition) is 0. The molecule has 0 amide bonds. The maximum absolute atomic E-state index is 11.3. The molecule has 7 heteroatoms. The fourth-order valence-corrected chi connectivity index (χ4v) is 3.05. The van der Waals surface area contributed by atoms with Crippen LogP contribution in [0.5, 0.6) is 0 Å². The van der Waals surface area contributed by atoms with E-state index in [0.717, 1.165) is 43.9 Å². The Morgan fingerprint density at radius 3 is 2.74 bits per heavy atom. The van der Waals surface area contributed by atoms with Gasteiger partial charge in [-0.2, -0.15) is 0 Å². The maximum Gasteiger partial charge on any atom is 0.347 e. The van der Waals surface area contributed by atoms with E-state index in [-0.39, 0.29) is 5.69 Å². The Balaban J connectivity index is 1.56. The lowest BCUT2D eigenvalue weighted by Crippen LogP contribution is -2.43. The van der Waals surface area contributed by atoms with Crippen LogP contribution in [-0.4, -0.2) is 50.6 Å². The monoisotopic (exact) mass is 314 g/mol. The van der Waals surface area contributed by atoms with Crippen LogP contribution in [0.25, 0.3) is 0 Å². The lowest BCUT2D eigenvalue weighted by molar-refractivity contribution is 0.202. The summed E-state index contributed by atoms with van der Waals surface area (Å²) in [6.45, 7) is 2.90. The second-order valence-corrected chi connectivity index (χ2v) is 6.04. The highest BCUT2D eigenvalue weighted by atomic mass is 16.1. The Labute approximate surface area is 135 Å². The third-order valence-corrected chi connectivity index (χ3v) is 4.44. The highest BCUT2D eigenvalue weighted by molar-refractivity contribution is 5.36. The summed E-state index contributed by atoms with van der Waals surface area (Å²) in [4.78, 5) is 28.2. The summed E-state index contributed by atoms with van der Waals surface area (Å²) in [6, 6.07) is 2.45. The summed E-state index contributed by atoms with van der Waals surface area (Å²) in [7, 11) is 3.83.